The molecule has 226 valence electrons. The first-order valence-electron chi connectivity index (χ1n) is 14.0. The molecule has 2 unspecified atom stereocenters. The van der Waals surface area contributed by atoms with Gasteiger partial charge in [-0.25, -0.2) is 0 Å². The topological polar surface area (TPSA) is 154 Å². The highest BCUT2D eigenvalue weighted by Gasteiger charge is 2.53. The van der Waals surface area contributed by atoms with Crippen LogP contribution in [0.2, 0.25) is 0 Å². The number of hydrogen-bond donors (Lipinski definition) is 2. The third-order valence-electron chi connectivity index (χ3n) is 7.86. The van der Waals surface area contributed by atoms with Crippen molar-refractivity contribution in [1.29, 1.82) is 0 Å². The molecule has 0 radical (unpaired) electrons. The summed E-state index contributed by atoms with van der Waals surface area (Å²) in [5, 5.41) is 21.3. The molecule has 2 aromatic carbocycles. The van der Waals surface area contributed by atoms with Gasteiger partial charge in [-0.05, 0) is 42.3 Å². The zero-order valence-corrected chi connectivity index (χ0v) is 24.1. The molecule has 0 saturated carbocycles. The highest BCUT2D eigenvalue weighted by Crippen LogP contribution is 2.48. The van der Waals surface area contributed by atoms with Crippen LogP contribution in [-0.2, 0) is 45.6 Å². The molecule has 3 heterocycles. The number of carbonyl (C=O) groups excluding carboxylic acids is 5. The normalized spacial score (nSPS) is 23.7. The summed E-state index contributed by atoms with van der Waals surface area (Å²) in [4.78, 5) is 66.0. The van der Waals surface area contributed by atoms with Crippen LogP contribution in [-0.4, -0.2) is 58.9 Å². The maximum atomic E-state index is 14.0. The number of rotatable bonds is 10. The first-order valence-corrected chi connectivity index (χ1v) is 14.0. The van der Waals surface area contributed by atoms with Gasteiger partial charge in [0, 0.05) is 43.3 Å². The highest BCUT2D eigenvalue weighted by atomic mass is 16.6. The van der Waals surface area contributed by atoms with E-state index >= 15 is 0 Å². The second kappa shape index (κ2) is 11.6. The highest BCUT2D eigenvalue weighted by molar-refractivity contribution is 6.08. The number of aliphatic hydroxyl groups excluding tert-OH is 1. The van der Waals surface area contributed by atoms with Crippen LogP contribution in [0.3, 0.4) is 0 Å². The number of esters is 2. The van der Waals surface area contributed by atoms with Crippen LogP contribution in [0.4, 0.5) is 17.1 Å². The molecule has 5 rings (SSSR count). The number of benzene rings is 2. The van der Waals surface area contributed by atoms with E-state index in [0.717, 1.165) is 0 Å². The van der Waals surface area contributed by atoms with E-state index in [1.165, 1.54) is 28.5 Å². The third kappa shape index (κ3) is 5.39. The van der Waals surface area contributed by atoms with Crippen molar-refractivity contribution < 1.29 is 43.7 Å². The van der Waals surface area contributed by atoms with Crippen molar-refractivity contribution in [2.24, 2.45) is 5.92 Å². The summed E-state index contributed by atoms with van der Waals surface area (Å²) in [5.74, 6) is -2.81. The smallest absolute Gasteiger partial charge is 0.304 e. The Hall–Kier alpha value is -4.55. The van der Waals surface area contributed by atoms with Crippen molar-refractivity contribution in [3.05, 3.63) is 65.7 Å². The Morgan fingerprint density at radius 3 is 2.14 bits per heavy atom. The number of amides is 3. The quantitative estimate of drug-likeness (QED) is 0.241. The Labute approximate surface area is 248 Å². The average Bonchev–Trinajstić information content (AvgIpc) is 3.14. The molecular weight excluding hydrogens is 558 g/mol. The van der Waals surface area contributed by atoms with E-state index in [4.69, 9.17) is 9.47 Å². The van der Waals surface area contributed by atoms with E-state index in [0.29, 0.717) is 29.0 Å². The van der Waals surface area contributed by atoms with Crippen molar-refractivity contribution in [1.82, 2.24) is 0 Å². The SMILES string of the molecule is CC(=O)OC1CC(=O)N1c1cccc(CN2C(=O)[C@](O)([C@H](C)/C=C/CCO)c3cc(N4C(=O)CC4OC(C)=O)ccc32)c1. The second-order valence-corrected chi connectivity index (χ2v) is 10.8. The van der Waals surface area contributed by atoms with Gasteiger partial charge in [0.15, 0.2) is 18.1 Å². The van der Waals surface area contributed by atoms with Crippen LogP contribution in [0.15, 0.2) is 54.6 Å². The maximum absolute atomic E-state index is 14.0. The number of fused-ring (bicyclic) bond motifs is 1. The molecule has 0 bridgehead atoms. The van der Waals surface area contributed by atoms with E-state index in [1.54, 1.807) is 61.5 Å². The predicted octanol–water partition coefficient (Wildman–Crippen LogP) is 2.25. The molecule has 3 amide bonds. The summed E-state index contributed by atoms with van der Waals surface area (Å²) < 4.78 is 10.5. The fraction of sp³-hybridized carbons (Fsp3) is 0.387. The molecule has 2 fully saturated rings. The summed E-state index contributed by atoms with van der Waals surface area (Å²) in [6.07, 6.45) is 2.31. The largest absolute Gasteiger partial charge is 0.441 e. The van der Waals surface area contributed by atoms with Gasteiger partial charge < -0.3 is 24.6 Å². The summed E-state index contributed by atoms with van der Waals surface area (Å²) in [5.41, 5.74) is 0.234. The molecule has 3 aliphatic rings. The van der Waals surface area contributed by atoms with Gasteiger partial charge >= 0.3 is 11.9 Å². The summed E-state index contributed by atoms with van der Waals surface area (Å²) >= 11 is 0. The van der Waals surface area contributed by atoms with Gasteiger partial charge in [0.1, 0.15) is 0 Å². The Bertz CT molecular complexity index is 1520. The number of carbonyl (C=O) groups is 5. The van der Waals surface area contributed by atoms with E-state index < -0.39 is 41.8 Å². The van der Waals surface area contributed by atoms with Gasteiger partial charge in [-0.2, -0.15) is 0 Å². The zero-order valence-electron chi connectivity index (χ0n) is 24.1. The average molecular weight is 592 g/mol. The Kier molecular flexibility index (Phi) is 8.08. The van der Waals surface area contributed by atoms with E-state index in [1.807, 2.05) is 0 Å². The number of aliphatic hydroxyl groups is 2. The number of ether oxygens (including phenoxy) is 2. The lowest BCUT2D eigenvalue weighted by molar-refractivity contribution is -0.155. The molecule has 12 nitrogen and oxygen atoms in total. The van der Waals surface area contributed by atoms with Gasteiger partial charge in [-0.1, -0.05) is 31.2 Å². The molecule has 2 aromatic rings. The number of hydrogen-bond acceptors (Lipinski definition) is 9. The van der Waals surface area contributed by atoms with Gasteiger partial charge in [-0.3, -0.25) is 33.8 Å². The van der Waals surface area contributed by atoms with Crippen LogP contribution in [0, 0.1) is 5.92 Å². The third-order valence-corrected chi connectivity index (χ3v) is 7.86. The molecule has 0 aromatic heterocycles. The number of anilines is 3. The Balaban J connectivity index is 1.49. The predicted molar refractivity (Wildman–Crippen MR) is 153 cm³/mol. The van der Waals surface area contributed by atoms with Crippen molar-refractivity contribution in [2.45, 2.75) is 64.6 Å². The monoisotopic (exact) mass is 591 g/mol. The zero-order chi connectivity index (χ0) is 31.1. The van der Waals surface area contributed by atoms with E-state index in [-0.39, 0.29) is 43.4 Å². The minimum Gasteiger partial charge on any atom is -0.441 e. The van der Waals surface area contributed by atoms with Crippen LogP contribution in [0.1, 0.15) is 51.2 Å². The Morgan fingerprint density at radius 2 is 1.58 bits per heavy atom. The van der Waals surface area contributed by atoms with Crippen LogP contribution in [0.5, 0.6) is 0 Å². The van der Waals surface area contributed by atoms with Crippen molar-refractivity contribution >= 4 is 46.7 Å². The molecule has 12 heteroatoms. The first kappa shape index (κ1) is 29.9. The van der Waals surface area contributed by atoms with Crippen molar-refractivity contribution in [3.8, 4) is 0 Å². The fourth-order valence-electron chi connectivity index (χ4n) is 5.71. The molecule has 4 atom stereocenters. The van der Waals surface area contributed by atoms with Gasteiger partial charge in [0.25, 0.3) is 5.91 Å². The van der Waals surface area contributed by atoms with E-state index in [2.05, 4.69) is 0 Å². The van der Waals surface area contributed by atoms with E-state index in [9.17, 15) is 34.2 Å². The summed E-state index contributed by atoms with van der Waals surface area (Å²) in [6, 6.07) is 11.8. The molecule has 0 spiro atoms. The molecule has 3 aliphatic heterocycles. The number of β-lactam (4-membered cyclic amide) rings is 2. The summed E-state index contributed by atoms with van der Waals surface area (Å²) in [6.45, 7) is 4.17. The first-order chi connectivity index (χ1) is 20.4. The van der Waals surface area contributed by atoms with Gasteiger partial charge in [0.05, 0.1) is 25.1 Å². The lowest BCUT2D eigenvalue weighted by atomic mass is 9.82. The lowest BCUT2D eigenvalue weighted by Crippen LogP contribution is -2.55. The maximum Gasteiger partial charge on any atom is 0.304 e. The molecular formula is C31H33N3O9. The van der Waals surface area contributed by atoms with Crippen LogP contribution >= 0.6 is 0 Å². The second-order valence-electron chi connectivity index (χ2n) is 10.8. The van der Waals surface area contributed by atoms with Gasteiger partial charge in [-0.15, -0.1) is 0 Å². The molecule has 43 heavy (non-hydrogen) atoms. The Morgan fingerprint density at radius 1 is 0.977 bits per heavy atom. The number of nitrogens with zero attached hydrogens (tertiary/aromatic N) is 3. The lowest BCUT2D eigenvalue weighted by Gasteiger charge is -2.39. The minimum atomic E-state index is -2.01. The van der Waals surface area contributed by atoms with Crippen molar-refractivity contribution in [3.63, 3.8) is 0 Å². The van der Waals surface area contributed by atoms with Crippen LogP contribution < -0.4 is 14.7 Å². The van der Waals surface area contributed by atoms with Crippen molar-refractivity contribution in [2.75, 3.05) is 21.3 Å². The molecule has 2 saturated heterocycles. The minimum absolute atomic E-state index is 0.0282. The standard InChI is InChI=1S/C31H33N3O9/c1-18(7-4-5-12-35)31(41)24-14-23(34-27(39)16-29(34)43-20(3)37)10-11-25(24)32(30(31)40)17-21-8-6-9-22(13-21)33-26(38)15-28(33)42-19(2)36/h4,6-11,13-14,18,28-29,35,41H,5,12,15-17H2,1-3H3/b7-4+/t18-,28?,29?,31+/m1/s1. The molecule has 0 aliphatic carbocycles. The fourth-order valence-corrected chi connectivity index (χ4v) is 5.71. The molecule has 2 N–H and O–H groups in total. The van der Waals surface area contributed by atoms with Gasteiger partial charge in [0.2, 0.25) is 11.8 Å². The summed E-state index contributed by atoms with van der Waals surface area (Å²) in [7, 11) is 0. The van der Waals surface area contributed by atoms with Crippen LogP contribution in [0.25, 0.3) is 0 Å².